The van der Waals surface area contributed by atoms with Crippen molar-refractivity contribution in [3.8, 4) is 0 Å². The molecule has 5 nitrogen and oxygen atoms in total. The molecule has 0 radical (unpaired) electrons. The van der Waals surface area contributed by atoms with Crippen LogP contribution in [0.15, 0.2) is 5.10 Å². The number of fused-ring (bicyclic) bond motifs is 3. The molecule has 16 heavy (non-hydrogen) atoms. The molecule has 0 atom stereocenters. The van der Waals surface area contributed by atoms with Crippen LogP contribution in [0.4, 0.5) is 0 Å². The number of rotatable bonds is 1. The standard InChI is InChI=1S/C11H21N3O2/c1-11(2,3)16-10(15)12-14-7-4-13(5-8-14)6-9-14/h4-9H2,1-3H3. The Balaban J connectivity index is 2.04. The lowest BCUT2D eigenvalue weighted by molar-refractivity contribution is -0.948. The summed E-state index contributed by atoms with van der Waals surface area (Å²) >= 11 is 0. The van der Waals surface area contributed by atoms with E-state index in [-0.39, 0.29) is 0 Å². The molecule has 3 aliphatic rings. The highest BCUT2D eigenvalue weighted by molar-refractivity contribution is 5.61. The molecule has 5 heteroatoms. The molecule has 3 fully saturated rings. The first-order valence-corrected chi connectivity index (χ1v) is 5.93. The SMILES string of the molecule is CC(C)(C)OC([O-])=N[N+]12CCN(CC1)CC2. The van der Waals surface area contributed by atoms with Crippen molar-refractivity contribution in [2.75, 3.05) is 39.3 Å². The van der Waals surface area contributed by atoms with Crippen LogP contribution in [0.25, 0.3) is 0 Å². The first-order chi connectivity index (χ1) is 7.39. The highest BCUT2D eigenvalue weighted by Crippen LogP contribution is 2.20. The van der Waals surface area contributed by atoms with Crippen LogP contribution in [0.1, 0.15) is 20.8 Å². The van der Waals surface area contributed by atoms with Crippen molar-refractivity contribution >= 4 is 6.08 Å². The average molecular weight is 227 g/mol. The van der Waals surface area contributed by atoms with Crippen LogP contribution in [0.3, 0.4) is 0 Å². The Morgan fingerprint density at radius 3 is 2.12 bits per heavy atom. The molecule has 3 saturated heterocycles. The van der Waals surface area contributed by atoms with E-state index in [2.05, 4.69) is 10.0 Å². The van der Waals surface area contributed by atoms with Crippen LogP contribution >= 0.6 is 0 Å². The van der Waals surface area contributed by atoms with Crippen LogP contribution in [0, 0.1) is 0 Å². The third-order valence-corrected chi connectivity index (χ3v) is 3.18. The fraction of sp³-hybridized carbons (Fsp3) is 0.909. The predicted molar refractivity (Wildman–Crippen MR) is 59.6 cm³/mol. The van der Waals surface area contributed by atoms with Gasteiger partial charge in [0.05, 0.1) is 19.6 Å². The Morgan fingerprint density at radius 2 is 1.69 bits per heavy atom. The molecule has 0 aromatic heterocycles. The maximum atomic E-state index is 11.7. The fourth-order valence-corrected chi connectivity index (χ4v) is 2.26. The zero-order valence-electron chi connectivity index (χ0n) is 10.4. The number of ether oxygens (including phenoxy) is 1. The van der Waals surface area contributed by atoms with Crippen LogP contribution in [-0.4, -0.2) is 60.4 Å². The normalized spacial score (nSPS) is 35.2. The zero-order chi connectivity index (χ0) is 11.8. The number of piperazine rings is 3. The minimum Gasteiger partial charge on any atom is -0.591 e. The fourth-order valence-electron chi connectivity index (χ4n) is 2.26. The van der Waals surface area contributed by atoms with Crippen LogP contribution in [-0.2, 0) is 4.74 Å². The quantitative estimate of drug-likeness (QED) is 0.347. The van der Waals surface area contributed by atoms with Gasteiger partial charge < -0.3 is 9.84 Å². The van der Waals surface area contributed by atoms with E-state index < -0.39 is 11.7 Å². The summed E-state index contributed by atoms with van der Waals surface area (Å²) in [5, 5.41) is 15.9. The van der Waals surface area contributed by atoms with Gasteiger partial charge >= 0.3 is 0 Å². The van der Waals surface area contributed by atoms with E-state index in [9.17, 15) is 5.11 Å². The molecule has 3 aliphatic heterocycles. The van der Waals surface area contributed by atoms with Crippen LogP contribution in [0.5, 0.6) is 0 Å². The van der Waals surface area contributed by atoms with Crippen LogP contribution in [0.2, 0.25) is 0 Å². The molecule has 0 aromatic rings. The van der Waals surface area contributed by atoms with Crippen molar-refractivity contribution in [1.29, 1.82) is 0 Å². The molecule has 0 amide bonds. The Bertz CT molecular complexity index is 274. The van der Waals surface area contributed by atoms with Gasteiger partial charge in [-0.3, -0.25) is 4.90 Å². The number of quaternary nitrogens is 1. The summed E-state index contributed by atoms with van der Waals surface area (Å²) in [6, 6.07) is 0. The second-order valence-electron chi connectivity index (χ2n) is 5.69. The Labute approximate surface area is 96.9 Å². The van der Waals surface area contributed by atoms with E-state index in [1.165, 1.54) is 0 Å². The van der Waals surface area contributed by atoms with E-state index in [1.54, 1.807) is 0 Å². The van der Waals surface area contributed by atoms with Crippen molar-refractivity contribution in [1.82, 2.24) is 4.90 Å². The molecule has 3 rings (SSSR count). The van der Waals surface area contributed by atoms with E-state index in [4.69, 9.17) is 4.74 Å². The van der Waals surface area contributed by atoms with Crippen molar-refractivity contribution in [3.63, 3.8) is 0 Å². The summed E-state index contributed by atoms with van der Waals surface area (Å²) in [5.41, 5.74) is -0.448. The van der Waals surface area contributed by atoms with Gasteiger partial charge in [0.2, 0.25) is 6.08 Å². The van der Waals surface area contributed by atoms with Gasteiger partial charge in [-0.25, -0.2) is 0 Å². The maximum Gasteiger partial charge on any atom is 0.210 e. The lowest BCUT2D eigenvalue weighted by Crippen LogP contribution is -2.65. The lowest BCUT2D eigenvalue weighted by atomic mass is 10.2. The van der Waals surface area contributed by atoms with Crippen LogP contribution < -0.4 is 5.11 Å². The molecule has 3 heterocycles. The van der Waals surface area contributed by atoms with Gasteiger partial charge in [0.1, 0.15) is 19.6 Å². The Hall–Kier alpha value is -0.810. The van der Waals surface area contributed by atoms with Gasteiger partial charge in [0.25, 0.3) is 0 Å². The maximum absolute atomic E-state index is 11.7. The Morgan fingerprint density at radius 1 is 1.19 bits per heavy atom. The number of hydrogen-bond donors (Lipinski definition) is 0. The minimum absolute atomic E-state index is 0.414. The predicted octanol–water partition coefficient (Wildman–Crippen LogP) is -0.421. The van der Waals surface area contributed by atoms with Gasteiger partial charge in [-0.2, -0.15) is 4.59 Å². The molecule has 0 aliphatic carbocycles. The first-order valence-electron chi connectivity index (χ1n) is 5.93. The largest absolute Gasteiger partial charge is 0.591 e. The summed E-state index contributed by atoms with van der Waals surface area (Å²) in [4.78, 5) is 2.42. The highest BCUT2D eigenvalue weighted by atomic mass is 16.6. The average Bonchev–Trinajstić information content (AvgIpc) is 2.16. The summed E-state index contributed by atoms with van der Waals surface area (Å²) < 4.78 is 5.82. The van der Waals surface area contributed by atoms with E-state index >= 15 is 0 Å². The molecule has 0 aromatic carbocycles. The zero-order valence-corrected chi connectivity index (χ0v) is 10.4. The van der Waals surface area contributed by atoms with Gasteiger partial charge in [0.15, 0.2) is 0 Å². The molecule has 0 spiro atoms. The highest BCUT2D eigenvalue weighted by Gasteiger charge is 2.39. The Kier molecular flexibility index (Phi) is 2.84. The van der Waals surface area contributed by atoms with E-state index in [1.807, 2.05) is 20.8 Å². The van der Waals surface area contributed by atoms with Crippen molar-refractivity contribution in [3.05, 3.63) is 0 Å². The molecular formula is C11H21N3O2. The molecule has 0 N–H and O–H groups in total. The van der Waals surface area contributed by atoms with E-state index in [0.29, 0.717) is 4.59 Å². The van der Waals surface area contributed by atoms with E-state index in [0.717, 1.165) is 39.3 Å². The second kappa shape index (κ2) is 3.89. The number of hydrogen-bond acceptors (Lipinski definition) is 4. The number of nitrogens with zero attached hydrogens (tertiary/aromatic N) is 3. The van der Waals surface area contributed by atoms with Gasteiger partial charge in [-0.15, -0.1) is 0 Å². The minimum atomic E-state index is -0.448. The molecular weight excluding hydrogens is 206 g/mol. The monoisotopic (exact) mass is 227 g/mol. The lowest BCUT2D eigenvalue weighted by Gasteiger charge is -2.46. The van der Waals surface area contributed by atoms with Gasteiger partial charge in [0, 0.05) is 5.60 Å². The smallest absolute Gasteiger partial charge is 0.210 e. The summed E-state index contributed by atoms with van der Waals surface area (Å²) in [7, 11) is 0. The molecule has 2 bridgehead atoms. The molecule has 0 saturated carbocycles. The summed E-state index contributed by atoms with van der Waals surface area (Å²) in [5.74, 6) is 0. The van der Waals surface area contributed by atoms with Gasteiger partial charge in [-0.1, -0.05) is 25.9 Å². The second-order valence-corrected chi connectivity index (χ2v) is 5.69. The topological polar surface area (TPSA) is 47.9 Å². The van der Waals surface area contributed by atoms with Crippen molar-refractivity contribution in [2.24, 2.45) is 5.10 Å². The molecule has 0 unspecified atom stereocenters. The first kappa shape index (κ1) is 11.7. The van der Waals surface area contributed by atoms with Crippen molar-refractivity contribution < 1.29 is 14.4 Å². The van der Waals surface area contributed by atoms with Gasteiger partial charge in [-0.05, 0) is 0 Å². The third-order valence-electron chi connectivity index (χ3n) is 3.18. The van der Waals surface area contributed by atoms with Crippen molar-refractivity contribution in [2.45, 2.75) is 26.4 Å². The third kappa shape index (κ3) is 2.65. The summed E-state index contributed by atoms with van der Waals surface area (Å²) in [6.07, 6.45) is -0.414. The summed E-state index contributed by atoms with van der Waals surface area (Å²) in [6.45, 7) is 11.6. The molecule has 92 valence electrons.